The second kappa shape index (κ2) is 12.1. The molecule has 2 aliphatic rings. The topological polar surface area (TPSA) is 129 Å². The number of carbonyl (C=O) groups is 2. The first-order chi connectivity index (χ1) is 21.2. The first-order valence-corrected chi connectivity index (χ1v) is 18.2. The van der Waals surface area contributed by atoms with Crippen LogP contribution in [0.2, 0.25) is 18.1 Å². The number of benzene rings is 1. The predicted molar refractivity (Wildman–Crippen MR) is 179 cm³/mol. The number of nitrogens with one attached hydrogen (secondary N) is 1. The molecule has 13 heteroatoms. The summed E-state index contributed by atoms with van der Waals surface area (Å²) in [6.07, 6.45) is 4.50. The number of nitriles is 1. The van der Waals surface area contributed by atoms with Crippen molar-refractivity contribution in [2.45, 2.75) is 83.6 Å². The molecule has 1 fully saturated rings. The fourth-order valence-electron chi connectivity index (χ4n) is 5.42. The monoisotopic (exact) mass is 625 g/mol. The zero-order valence-corrected chi connectivity index (χ0v) is 28.5. The van der Waals surface area contributed by atoms with Gasteiger partial charge in [-0.2, -0.15) is 10.4 Å². The van der Waals surface area contributed by atoms with Gasteiger partial charge in [0.15, 0.2) is 8.32 Å². The Labute approximate surface area is 267 Å². The molecule has 1 saturated carbocycles. The number of amides is 1. The molecule has 1 aromatic carbocycles. The Morgan fingerprint density at radius 1 is 1.31 bits per heavy atom. The minimum Gasteiger partial charge on any atom is -0.416 e. The van der Waals surface area contributed by atoms with Crippen LogP contribution >= 0.6 is 0 Å². The van der Waals surface area contributed by atoms with Crippen molar-refractivity contribution in [1.29, 1.82) is 5.26 Å². The first kappa shape index (κ1) is 32.4. The summed E-state index contributed by atoms with van der Waals surface area (Å²) in [6.45, 7) is 16.2. The molecule has 3 heterocycles. The van der Waals surface area contributed by atoms with Crippen molar-refractivity contribution in [3.63, 3.8) is 0 Å². The van der Waals surface area contributed by atoms with Gasteiger partial charge in [-0.1, -0.05) is 27.7 Å². The molecule has 1 aliphatic carbocycles. The largest absolute Gasteiger partial charge is 0.416 e. The lowest BCUT2D eigenvalue weighted by Gasteiger charge is -2.39. The van der Waals surface area contributed by atoms with E-state index < -0.39 is 13.7 Å². The lowest BCUT2D eigenvalue weighted by Crippen LogP contribution is -2.46. The highest BCUT2D eigenvalue weighted by atomic mass is 28.4. The smallest absolute Gasteiger partial charge is 0.329 e. The molecule has 1 radical (unpaired) electrons. The number of rotatable bonds is 11. The van der Waals surface area contributed by atoms with Crippen LogP contribution in [0, 0.1) is 18.3 Å². The third kappa shape index (κ3) is 6.67. The Hall–Kier alpha value is -4.02. The van der Waals surface area contributed by atoms with Crippen LogP contribution in [0.3, 0.4) is 0 Å². The van der Waals surface area contributed by atoms with Gasteiger partial charge in [0, 0.05) is 55.2 Å². The fraction of sp³-hybridized carbons (Fsp3) is 0.500. The van der Waals surface area contributed by atoms with E-state index in [1.54, 1.807) is 27.9 Å². The number of aryl methyl sites for hydroxylation is 1. The van der Waals surface area contributed by atoms with Crippen molar-refractivity contribution < 1.29 is 14.0 Å². The molecule has 1 aliphatic heterocycles. The van der Waals surface area contributed by atoms with Crippen LogP contribution in [0.25, 0.3) is 11.3 Å². The molecule has 1 atom stereocenters. The van der Waals surface area contributed by atoms with E-state index in [1.807, 2.05) is 24.8 Å². The van der Waals surface area contributed by atoms with Crippen LogP contribution in [-0.4, -0.2) is 78.7 Å². The van der Waals surface area contributed by atoms with Gasteiger partial charge < -0.3 is 24.2 Å². The maximum atomic E-state index is 12.8. The van der Waals surface area contributed by atoms with Crippen LogP contribution in [0.15, 0.2) is 30.5 Å². The Bertz CT molecular complexity index is 1660. The van der Waals surface area contributed by atoms with Gasteiger partial charge >= 0.3 is 7.41 Å². The number of carbonyl (C=O) groups excluding carboxylic acids is 2. The van der Waals surface area contributed by atoms with Gasteiger partial charge in [-0.25, -0.2) is 14.6 Å². The lowest BCUT2D eigenvalue weighted by molar-refractivity contribution is -0.131. The average molecular weight is 626 g/mol. The standard InChI is InChI=1S/C32H42BN8O3Si/c1-21-13-27(41(38-21)17-28(43)39(6)24-9-10-24)37-30-35-12-11-26(36-30)22-14-23(16-34)29-25(15-22)32(5,18-40(29)33-20-42)19-44-45(7,8)31(2,3)4/h11-15,20,24H,9-10,17-19H2,1-8H3,(H,35,36,37)/t32-/m1/s1. The molecule has 0 saturated heterocycles. The van der Waals surface area contributed by atoms with Crippen LogP contribution in [0.5, 0.6) is 0 Å². The van der Waals surface area contributed by atoms with Gasteiger partial charge in [0.25, 0.3) is 0 Å². The summed E-state index contributed by atoms with van der Waals surface area (Å²) in [4.78, 5) is 37.3. The number of fused-ring (bicyclic) bond motifs is 1. The van der Waals surface area contributed by atoms with Gasteiger partial charge in [0.2, 0.25) is 11.9 Å². The molecule has 1 N–H and O–H groups in total. The Morgan fingerprint density at radius 3 is 2.69 bits per heavy atom. The van der Waals surface area contributed by atoms with Crippen LogP contribution in [-0.2, 0) is 26.0 Å². The van der Waals surface area contributed by atoms with Crippen molar-refractivity contribution >= 4 is 45.3 Å². The highest BCUT2D eigenvalue weighted by Gasteiger charge is 2.44. The predicted octanol–water partition coefficient (Wildman–Crippen LogP) is 4.79. The summed E-state index contributed by atoms with van der Waals surface area (Å²) in [5.74, 6) is 0.960. The van der Waals surface area contributed by atoms with E-state index in [1.165, 1.54) is 7.41 Å². The quantitative estimate of drug-likeness (QED) is 0.236. The number of hydrogen-bond donors (Lipinski definition) is 1. The van der Waals surface area contributed by atoms with Crippen LogP contribution in [0.4, 0.5) is 17.5 Å². The highest BCUT2D eigenvalue weighted by Crippen LogP contribution is 2.46. The minimum absolute atomic E-state index is 0.00180. The van der Waals surface area contributed by atoms with E-state index in [2.05, 4.69) is 68.3 Å². The summed E-state index contributed by atoms with van der Waals surface area (Å²) in [5.41, 5.74) is 3.80. The summed E-state index contributed by atoms with van der Waals surface area (Å²) >= 11 is 0. The summed E-state index contributed by atoms with van der Waals surface area (Å²) in [6, 6.07) is 10.2. The minimum atomic E-state index is -2.07. The molecular formula is C32H42BN8O3Si. The second-order valence-electron chi connectivity index (χ2n) is 14.0. The molecule has 0 spiro atoms. The van der Waals surface area contributed by atoms with E-state index in [-0.39, 0.29) is 17.5 Å². The van der Waals surface area contributed by atoms with E-state index in [0.29, 0.717) is 42.2 Å². The molecule has 0 bridgehead atoms. The van der Waals surface area contributed by atoms with E-state index >= 15 is 0 Å². The molecule has 235 valence electrons. The van der Waals surface area contributed by atoms with Gasteiger partial charge in [-0.3, -0.25) is 4.79 Å². The second-order valence-corrected chi connectivity index (χ2v) is 18.8. The van der Waals surface area contributed by atoms with Crippen molar-refractivity contribution in [2.75, 3.05) is 30.3 Å². The van der Waals surface area contributed by atoms with E-state index in [9.17, 15) is 14.9 Å². The molecule has 3 aromatic rings. The van der Waals surface area contributed by atoms with Crippen molar-refractivity contribution in [1.82, 2.24) is 24.6 Å². The van der Waals surface area contributed by atoms with Gasteiger partial charge in [-0.05, 0) is 61.7 Å². The van der Waals surface area contributed by atoms with E-state index in [0.717, 1.165) is 41.5 Å². The number of aromatic nitrogens is 4. The highest BCUT2D eigenvalue weighted by molar-refractivity contribution is 6.74. The molecule has 0 unspecified atom stereocenters. The molecule has 5 rings (SSSR count). The number of nitrogens with zero attached hydrogens (tertiary/aromatic N) is 7. The van der Waals surface area contributed by atoms with Crippen molar-refractivity contribution in [3.8, 4) is 17.3 Å². The van der Waals surface area contributed by atoms with Gasteiger partial charge in [0.05, 0.1) is 17.0 Å². The lowest BCUT2D eigenvalue weighted by atomic mass is 9.83. The molecule has 11 nitrogen and oxygen atoms in total. The van der Waals surface area contributed by atoms with Gasteiger partial charge in [0.1, 0.15) is 24.6 Å². The number of anilines is 3. The van der Waals surface area contributed by atoms with Crippen molar-refractivity contribution in [3.05, 3.63) is 47.3 Å². The molecule has 2 aromatic heterocycles. The van der Waals surface area contributed by atoms with Crippen molar-refractivity contribution in [2.24, 2.45) is 0 Å². The van der Waals surface area contributed by atoms with Crippen LogP contribution < -0.4 is 10.1 Å². The summed E-state index contributed by atoms with van der Waals surface area (Å²) < 4.78 is 8.34. The molecule has 45 heavy (non-hydrogen) atoms. The zero-order chi connectivity index (χ0) is 32.7. The maximum Gasteiger partial charge on any atom is 0.329 e. The summed E-state index contributed by atoms with van der Waals surface area (Å²) in [7, 11) is 1.25. The average Bonchev–Trinajstić information content (AvgIpc) is 3.72. The Morgan fingerprint density at radius 2 is 2.04 bits per heavy atom. The van der Waals surface area contributed by atoms with Gasteiger partial charge in [-0.15, -0.1) is 0 Å². The third-order valence-electron chi connectivity index (χ3n) is 9.35. The Kier molecular flexibility index (Phi) is 8.68. The van der Waals surface area contributed by atoms with E-state index in [4.69, 9.17) is 9.41 Å². The fourth-order valence-corrected chi connectivity index (χ4v) is 6.54. The number of hydrogen-bond acceptors (Lipinski definition) is 9. The molecular weight excluding hydrogens is 583 g/mol. The molecule has 1 amide bonds. The normalized spacial score (nSPS) is 17.9. The maximum absolute atomic E-state index is 12.8. The Balaban J connectivity index is 1.46. The first-order valence-electron chi connectivity index (χ1n) is 15.3. The van der Waals surface area contributed by atoms with Crippen LogP contribution in [0.1, 0.15) is 57.4 Å². The number of likely N-dealkylation sites (N-methyl/N-ethyl adjacent to an activating group) is 1. The third-order valence-corrected chi connectivity index (χ3v) is 13.8. The SMILES string of the molecule is Cc1cc(Nc2nccc(-c3cc(C#N)c4c(c3)[C@@](C)(CO[Si](C)(C)C(C)(C)C)CN4[B]C=O)n2)n(CC(=O)N(C)C2CC2)n1. The summed E-state index contributed by atoms with van der Waals surface area (Å²) in [5, 5.41) is 18.0. The zero-order valence-electron chi connectivity index (χ0n) is 27.5.